The molecule has 4 heteroatoms. The predicted octanol–water partition coefficient (Wildman–Crippen LogP) is 0.325. The van der Waals surface area contributed by atoms with E-state index >= 15 is 0 Å². The highest BCUT2D eigenvalue weighted by Gasteiger charge is 2.17. The molecular formula is C12H24N4. The minimum atomic E-state index is 0.160. The van der Waals surface area contributed by atoms with E-state index in [9.17, 15) is 0 Å². The Labute approximate surface area is 99.4 Å². The molecule has 1 fully saturated rings. The number of piperazine rings is 1. The normalized spacial score (nSPS) is 20.9. The van der Waals surface area contributed by atoms with Gasteiger partial charge in [-0.15, -0.1) is 0 Å². The van der Waals surface area contributed by atoms with Crippen molar-refractivity contribution in [2.75, 3.05) is 59.9 Å². The summed E-state index contributed by atoms with van der Waals surface area (Å²) < 4.78 is 0. The molecule has 1 saturated heterocycles. The number of nitrogens with zero attached hydrogens (tertiary/aromatic N) is 4. The van der Waals surface area contributed by atoms with Gasteiger partial charge in [0.15, 0.2) is 0 Å². The van der Waals surface area contributed by atoms with E-state index < -0.39 is 0 Å². The van der Waals surface area contributed by atoms with Crippen molar-refractivity contribution in [1.82, 2.24) is 14.7 Å². The van der Waals surface area contributed by atoms with Crippen LogP contribution in [0, 0.1) is 17.2 Å². The zero-order valence-corrected chi connectivity index (χ0v) is 10.8. The summed E-state index contributed by atoms with van der Waals surface area (Å²) in [5.41, 5.74) is 0. The van der Waals surface area contributed by atoms with Crippen molar-refractivity contribution in [2.24, 2.45) is 5.92 Å². The Balaban J connectivity index is 2.16. The van der Waals surface area contributed by atoms with Gasteiger partial charge in [0.1, 0.15) is 0 Å². The van der Waals surface area contributed by atoms with Crippen molar-refractivity contribution in [3.8, 4) is 6.07 Å². The number of hydrogen-bond acceptors (Lipinski definition) is 4. The van der Waals surface area contributed by atoms with Crippen LogP contribution >= 0.6 is 0 Å². The summed E-state index contributed by atoms with van der Waals surface area (Å²) in [6.07, 6.45) is 0. The van der Waals surface area contributed by atoms with Gasteiger partial charge in [-0.1, -0.05) is 0 Å². The van der Waals surface area contributed by atoms with Crippen LogP contribution in [-0.4, -0.2) is 74.6 Å². The smallest absolute Gasteiger partial charge is 0.0666 e. The van der Waals surface area contributed by atoms with E-state index in [0.29, 0.717) is 0 Å². The molecule has 0 radical (unpaired) electrons. The molecule has 1 unspecified atom stereocenters. The second-order valence-electron chi connectivity index (χ2n) is 4.98. The van der Waals surface area contributed by atoms with Crippen LogP contribution in [0.2, 0.25) is 0 Å². The first kappa shape index (κ1) is 13.4. The third kappa shape index (κ3) is 4.93. The zero-order valence-electron chi connectivity index (χ0n) is 10.8. The van der Waals surface area contributed by atoms with Crippen molar-refractivity contribution < 1.29 is 0 Å². The molecule has 0 amide bonds. The number of rotatable bonds is 5. The maximum atomic E-state index is 8.77. The van der Waals surface area contributed by atoms with Crippen LogP contribution in [0.15, 0.2) is 0 Å². The van der Waals surface area contributed by atoms with Crippen LogP contribution in [-0.2, 0) is 0 Å². The average molecular weight is 224 g/mol. The van der Waals surface area contributed by atoms with Crippen LogP contribution in [0.5, 0.6) is 0 Å². The first-order valence-corrected chi connectivity index (χ1v) is 6.11. The Morgan fingerprint density at radius 3 is 2.25 bits per heavy atom. The molecule has 1 atom stereocenters. The van der Waals surface area contributed by atoms with Gasteiger partial charge >= 0.3 is 0 Å². The highest BCUT2D eigenvalue weighted by molar-refractivity contribution is 4.83. The van der Waals surface area contributed by atoms with Crippen LogP contribution in [0.3, 0.4) is 0 Å². The molecule has 0 N–H and O–H groups in total. The first-order valence-electron chi connectivity index (χ1n) is 6.11. The quantitative estimate of drug-likeness (QED) is 0.674. The molecule has 1 aliphatic heterocycles. The molecule has 0 aromatic rings. The lowest BCUT2D eigenvalue weighted by Crippen LogP contribution is -2.48. The third-order valence-corrected chi connectivity index (χ3v) is 3.08. The molecule has 4 nitrogen and oxygen atoms in total. The minimum Gasteiger partial charge on any atom is -0.308 e. The summed E-state index contributed by atoms with van der Waals surface area (Å²) >= 11 is 0. The van der Waals surface area contributed by atoms with Gasteiger partial charge in [-0.2, -0.15) is 5.26 Å². The third-order valence-electron chi connectivity index (χ3n) is 3.08. The highest BCUT2D eigenvalue weighted by atomic mass is 15.3. The SMILES string of the molecule is CC(C#N)CN1CCN(CCN(C)C)CC1. The first-order chi connectivity index (χ1) is 7.61. The van der Waals surface area contributed by atoms with Gasteiger partial charge in [-0.05, 0) is 21.0 Å². The summed E-state index contributed by atoms with van der Waals surface area (Å²) in [6.45, 7) is 9.73. The fourth-order valence-electron chi connectivity index (χ4n) is 1.97. The lowest BCUT2D eigenvalue weighted by molar-refractivity contribution is 0.120. The molecule has 92 valence electrons. The van der Waals surface area contributed by atoms with E-state index in [2.05, 4.69) is 34.9 Å². The van der Waals surface area contributed by atoms with Gasteiger partial charge in [0, 0.05) is 45.8 Å². The molecule has 0 aromatic heterocycles. The van der Waals surface area contributed by atoms with Crippen molar-refractivity contribution in [2.45, 2.75) is 6.92 Å². The molecule has 1 aliphatic rings. The second kappa shape index (κ2) is 6.85. The second-order valence-corrected chi connectivity index (χ2v) is 4.98. The molecule has 0 aromatic carbocycles. The van der Waals surface area contributed by atoms with Crippen molar-refractivity contribution >= 4 is 0 Å². The Kier molecular flexibility index (Phi) is 5.75. The molecular weight excluding hydrogens is 200 g/mol. The van der Waals surface area contributed by atoms with E-state index in [1.54, 1.807) is 0 Å². The van der Waals surface area contributed by atoms with Crippen LogP contribution in [0.4, 0.5) is 0 Å². The monoisotopic (exact) mass is 224 g/mol. The molecule has 1 heterocycles. The topological polar surface area (TPSA) is 33.5 Å². The maximum Gasteiger partial charge on any atom is 0.0666 e. The van der Waals surface area contributed by atoms with Gasteiger partial charge in [0.2, 0.25) is 0 Å². The Morgan fingerprint density at radius 1 is 1.19 bits per heavy atom. The summed E-state index contributed by atoms with van der Waals surface area (Å²) in [5, 5.41) is 8.77. The Bertz CT molecular complexity index is 226. The Morgan fingerprint density at radius 2 is 1.75 bits per heavy atom. The van der Waals surface area contributed by atoms with Crippen LogP contribution in [0.1, 0.15) is 6.92 Å². The van der Waals surface area contributed by atoms with E-state index in [0.717, 1.165) is 45.8 Å². The fraction of sp³-hybridized carbons (Fsp3) is 0.917. The van der Waals surface area contributed by atoms with Gasteiger partial charge in [0.25, 0.3) is 0 Å². The van der Waals surface area contributed by atoms with Crippen molar-refractivity contribution in [3.05, 3.63) is 0 Å². The zero-order chi connectivity index (χ0) is 12.0. The molecule has 0 saturated carbocycles. The number of likely N-dealkylation sites (N-methyl/N-ethyl adjacent to an activating group) is 1. The highest BCUT2D eigenvalue weighted by Crippen LogP contribution is 2.04. The minimum absolute atomic E-state index is 0.160. The van der Waals surface area contributed by atoms with Gasteiger partial charge < -0.3 is 4.90 Å². The Hall–Kier alpha value is -0.630. The van der Waals surface area contributed by atoms with Crippen molar-refractivity contribution in [3.63, 3.8) is 0 Å². The predicted molar refractivity (Wildman–Crippen MR) is 66.2 cm³/mol. The van der Waals surface area contributed by atoms with E-state index in [1.807, 2.05) is 6.92 Å². The van der Waals surface area contributed by atoms with Gasteiger partial charge in [0.05, 0.1) is 12.0 Å². The fourth-order valence-corrected chi connectivity index (χ4v) is 1.97. The lowest BCUT2D eigenvalue weighted by atomic mass is 10.2. The number of nitriles is 1. The van der Waals surface area contributed by atoms with E-state index in [4.69, 9.17) is 5.26 Å². The van der Waals surface area contributed by atoms with Crippen LogP contribution in [0.25, 0.3) is 0 Å². The maximum absolute atomic E-state index is 8.77. The van der Waals surface area contributed by atoms with Gasteiger partial charge in [-0.3, -0.25) is 9.80 Å². The summed E-state index contributed by atoms with van der Waals surface area (Å²) in [5.74, 6) is 0.160. The summed E-state index contributed by atoms with van der Waals surface area (Å²) in [4.78, 5) is 7.14. The molecule has 0 spiro atoms. The standard InChI is InChI=1S/C12H24N4/c1-12(10-13)11-16-8-6-15(7-9-16)5-4-14(2)3/h12H,4-9,11H2,1-3H3. The largest absolute Gasteiger partial charge is 0.308 e. The van der Waals surface area contributed by atoms with Crippen molar-refractivity contribution in [1.29, 1.82) is 5.26 Å². The molecule has 1 rings (SSSR count). The van der Waals surface area contributed by atoms with Gasteiger partial charge in [-0.25, -0.2) is 0 Å². The molecule has 0 bridgehead atoms. The average Bonchev–Trinajstić information content (AvgIpc) is 2.28. The number of hydrogen-bond donors (Lipinski definition) is 0. The summed E-state index contributed by atoms with van der Waals surface area (Å²) in [6, 6.07) is 2.30. The van der Waals surface area contributed by atoms with Crippen LogP contribution < -0.4 is 0 Å². The summed E-state index contributed by atoms with van der Waals surface area (Å²) in [7, 11) is 4.23. The lowest BCUT2D eigenvalue weighted by Gasteiger charge is -2.35. The molecule has 0 aliphatic carbocycles. The molecule has 16 heavy (non-hydrogen) atoms. The van der Waals surface area contributed by atoms with E-state index in [1.165, 1.54) is 0 Å². The van der Waals surface area contributed by atoms with E-state index in [-0.39, 0.29) is 5.92 Å².